The highest BCUT2D eigenvalue weighted by atomic mass is 35.5. The number of benzene rings is 1. The third-order valence-electron chi connectivity index (χ3n) is 3.95. The summed E-state index contributed by atoms with van der Waals surface area (Å²) in [7, 11) is 0. The van der Waals surface area contributed by atoms with E-state index in [1.165, 1.54) is 0 Å². The molecule has 0 atom stereocenters. The van der Waals surface area contributed by atoms with E-state index in [1.807, 2.05) is 41.3 Å². The third kappa shape index (κ3) is 4.24. The lowest BCUT2D eigenvalue weighted by Crippen LogP contribution is -2.47. The first kappa shape index (κ1) is 15.8. The van der Waals surface area contributed by atoms with E-state index >= 15 is 0 Å². The zero-order valence-electron chi connectivity index (χ0n) is 12.8. The van der Waals surface area contributed by atoms with E-state index in [4.69, 9.17) is 16.0 Å². The Kier molecular flexibility index (Phi) is 5.16. The number of carbonyl (C=O) groups excluding carboxylic acids is 1. The number of piperazine rings is 1. The molecule has 0 spiro atoms. The SMILES string of the molecule is O=C(/C=C/c1ccccc1Cl)N1CCN(Cc2ccco2)CC1. The van der Waals surface area contributed by atoms with Gasteiger partial charge in [-0.25, -0.2) is 0 Å². The predicted octanol–water partition coefficient (Wildman–Crippen LogP) is 3.29. The maximum Gasteiger partial charge on any atom is 0.246 e. The highest BCUT2D eigenvalue weighted by Crippen LogP contribution is 2.16. The molecule has 4 nitrogen and oxygen atoms in total. The molecule has 5 heteroatoms. The van der Waals surface area contributed by atoms with E-state index in [-0.39, 0.29) is 5.91 Å². The summed E-state index contributed by atoms with van der Waals surface area (Å²) >= 11 is 6.09. The summed E-state index contributed by atoms with van der Waals surface area (Å²) < 4.78 is 5.36. The standard InChI is InChI=1S/C18H19ClN2O2/c19-17-6-2-1-4-15(17)7-8-18(22)21-11-9-20(10-12-21)14-16-5-3-13-23-16/h1-8,13H,9-12,14H2/b8-7+. The van der Waals surface area contributed by atoms with E-state index in [9.17, 15) is 4.79 Å². The van der Waals surface area contributed by atoms with Crippen molar-refractivity contribution in [3.8, 4) is 0 Å². The van der Waals surface area contributed by atoms with Crippen LogP contribution in [-0.2, 0) is 11.3 Å². The van der Waals surface area contributed by atoms with E-state index < -0.39 is 0 Å². The second kappa shape index (κ2) is 7.49. The molecule has 1 aromatic heterocycles. The molecular formula is C18H19ClN2O2. The highest BCUT2D eigenvalue weighted by Gasteiger charge is 2.20. The van der Waals surface area contributed by atoms with Gasteiger partial charge in [0.1, 0.15) is 5.76 Å². The van der Waals surface area contributed by atoms with Gasteiger partial charge in [0, 0.05) is 37.3 Å². The molecule has 1 amide bonds. The fraction of sp³-hybridized carbons (Fsp3) is 0.278. The van der Waals surface area contributed by atoms with Gasteiger partial charge in [0.2, 0.25) is 5.91 Å². The average molecular weight is 331 g/mol. The lowest BCUT2D eigenvalue weighted by molar-refractivity contribution is -0.127. The number of rotatable bonds is 4. The minimum atomic E-state index is 0.0302. The summed E-state index contributed by atoms with van der Waals surface area (Å²) in [5.41, 5.74) is 0.860. The first-order valence-electron chi connectivity index (χ1n) is 7.68. The first-order chi connectivity index (χ1) is 11.2. The summed E-state index contributed by atoms with van der Waals surface area (Å²) in [6.07, 6.45) is 5.07. The van der Waals surface area contributed by atoms with Gasteiger partial charge in [-0.1, -0.05) is 29.8 Å². The van der Waals surface area contributed by atoms with Crippen LogP contribution in [0.1, 0.15) is 11.3 Å². The minimum Gasteiger partial charge on any atom is -0.468 e. The molecule has 1 fully saturated rings. The van der Waals surface area contributed by atoms with Crippen LogP contribution in [0.15, 0.2) is 53.2 Å². The molecule has 2 heterocycles. The van der Waals surface area contributed by atoms with Crippen molar-refractivity contribution >= 4 is 23.6 Å². The molecule has 0 N–H and O–H groups in total. The van der Waals surface area contributed by atoms with Gasteiger partial charge in [-0.3, -0.25) is 9.69 Å². The number of furan rings is 1. The molecule has 1 aliphatic rings. The fourth-order valence-corrected chi connectivity index (χ4v) is 2.82. The summed E-state index contributed by atoms with van der Waals surface area (Å²) in [4.78, 5) is 16.4. The number of nitrogens with zero attached hydrogens (tertiary/aromatic N) is 2. The second-order valence-corrected chi connectivity index (χ2v) is 5.94. The Morgan fingerprint density at radius 3 is 2.61 bits per heavy atom. The lowest BCUT2D eigenvalue weighted by atomic mass is 10.2. The third-order valence-corrected chi connectivity index (χ3v) is 4.30. The van der Waals surface area contributed by atoms with Crippen LogP contribution < -0.4 is 0 Å². The molecule has 1 aliphatic heterocycles. The van der Waals surface area contributed by atoms with Crippen molar-refractivity contribution in [3.05, 3.63) is 65.1 Å². The Morgan fingerprint density at radius 2 is 1.91 bits per heavy atom. The molecule has 3 rings (SSSR count). The van der Waals surface area contributed by atoms with Gasteiger partial charge in [-0.05, 0) is 29.8 Å². The van der Waals surface area contributed by atoms with Gasteiger partial charge in [0.15, 0.2) is 0 Å². The van der Waals surface area contributed by atoms with E-state index in [1.54, 1.807) is 18.4 Å². The molecule has 0 bridgehead atoms. The van der Waals surface area contributed by atoms with E-state index in [0.29, 0.717) is 5.02 Å². The number of halogens is 1. The van der Waals surface area contributed by atoms with E-state index in [2.05, 4.69) is 4.90 Å². The normalized spacial score (nSPS) is 16.1. The Labute approximate surface area is 140 Å². The summed E-state index contributed by atoms with van der Waals surface area (Å²) in [5, 5.41) is 0.653. The molecular weight excluding hydrogens is 312 g/mol. The van der Waals surface area contributed by atoms with Crippen molar-refractivity contribution in [3.63, 3.8) is 0 Å². The fourth-order valence-electron chi connectivity index (χ4n) is 2.63. The van der Waals surface area contributed by atoms with Crippen LogP contribution in [-0.4, -0.2) is 41.9 Å². The van der Waals surface area contributed by atoms with Crippen LogP contribution in [0, 0.1) is 0 Å². The van der Waals surface area contributed by atoms with Crippen molar-refractivity contribution in [2.75, 3.05) is 26.2 Å². The van der Waals surface area contributed by atoms with Crippen LogP contribution in [0.2, 0.25) is 5.02 Å². The monoisotopic (exact) mass is 330 g/mol. The molecule has 120 valence electrons. The second-order valence-electron chi connectivity index (χ2n) is 5.54. The van der Waals surface area contributed by atoms with Crippen LogP contribution >= 0.6 is 11.6 Å². The largest absolute Gasteiger partial charge is 0.468 e. The summed E-state index contributed by atoms with van der Waals surface area (Å²) in [6.45, 7) is 3.96. The Balaban J connectivity index is 1.51. The van der Waals surface area contributed by atoms with Crippen LogP contribution in [0.5, 0.6) is 0 Å². The maximum atomic E-state index is 12.3. The molecule has 0 unspecified atom stereocenters. The van der Waals surface area contributed by atoms with Gasteiger partial charge >= 0.3 is 0 Å². The van der Waals surface area contributed by atoms with Crippen molar-refractivity contribution in [2.45, 2.75) is 6.54 Å². The predicted molar refractivity (Wildman–Crippen MR) is 91.1 cm³/mol. The molecule has 23 heavy (non-hydrogen) atoms. The Hall–Kier alpha value is -2.04. The van der Waals surface area contributed by atoms with Gasteiger partial charge in [-0.15, -0.1) is 0 Å². The number of carbonyl (C=O) groups is 1. The topological polar surface area (TPSA) is 36.7 Å². The van der Waals surface area contributed by atoms with Crippen LogP contribution in [0.3, 0.4) is 0 Å². The molecule has 1 aromatic carbocycles. The van der Waals surface area contributed by atoms with Crippen molar-refractivity contribution in [1.29, 1.82) is 0 Å². The quantitative estimate of drug-likeness (QED) is 0.807. The average Bonchev–Trinajstić information content (AvgIpc) is 3.07. The maximum absolute atomic E-state index is 12.3. The van der Waals surface area contributed by atoms with Gasteiger partial charge in [0.05, 0.1) is 12.8 Å². The lowest BCUT2D eigenvalue weighted by Gasteiger charge is -2.33. The molecule has 0 saturated carbocycles. The number of amides is 1. The molecule has 0 radical (unpaired) electrons. The van der Waals surface area contributed by atoms with Crippen molar-refractivity contribution < 1.29 is 9.21 Å². The summed E-state index contributed by atoms with van der Waals surface area (Å²) in [5.74, 6) is 0.992. The van der Waals surface area contributed by atoms with Crippen LogP contribution in [0.25, 0.3) is 6.08 Å². The van der Waals surface area contributed by atoms with Gasteiger partial charge in [0.25, 0.3) is 0 Å². The van der Waals surface area contributed by atoms with Crippen LogP contribution in [0.4, 0.5) is 0 Å². The molecule has 0 aliphatic carbocycles. The molecule has 2 aromatic rings. The van der Waals surface area contributed by atoms with Crippen molar-refractivity contribution in [2.24, 2.45) is 0 Å². The zero-order chi connectivity index (χ0) is 16.1. The number of hydrogen-bond donors (Lipinski definition) is 0. The smallest absolute Gasteiger partial charge is 0.246 e. The van der Waals surface area contributed by atoms with Gasteiger partial charge < -0.3 is 9.32 Å². The van der Waals surface area contributed by atoms with Crippen molar-refractivity contribution in [1.82, 2.24) is 9.80 Å². The Morgan fingerprint density at radius 1 is 1.13 bits per heavy atom. The van der Waals surface area contributed by atoms with E-state index in [0.717, 1.165) is 44.0 Å². The Bertz CT molecular complexity index is 674. The zero-order valence-corrected chi connectivity index (χ0v) is 13.6. The summed E-state index contributed by atoms with van der Waals surface area (Å²) in [6, 6.07) is 11.4. The van der Waals surface area contributed by atoms with Gasteiger partial charge in [-0.2, -0.15) is 0 Å². The molecule has 1 saturated heterocycles. The first-order valence-corrected chi connectivity index (χ1v) is 8.06. The highest BCUT2D eigenvalue weighted by molar-refractivity contribution is 6.32. The number of hydrogen-bond acceptors (Lipinski definition) is 3. The minimum absolute atomic E-state index is 0.0302.